The van der Waals surface area contributed by atoms with E-state index in [0.29, 0.717) is 19.6 Å². The van der Waals surface area contributed by atoms with Crippen molar-refractivity contribution in [3.63, 3.8) is 0 Å². The predicted octanol–water partition coefficient (Wildman–Crippen LogP) is 1.44. The maximum atomic E-state index is 11.9. The number of nitrogens with zero attached hydrogens (tertiary/aromatic N) is 1. The van der Waals surface area contributed by atoms with E-state index in [1.54, 1.807) is 0 Å². The standard InChI is InChI=1S/C9H15F3N2OS/c1-8(5-13)2-3-14(6-8)7(15)4-16-9(10,11)12/h2-6,13H2,1H3. The monoisotopic (exact) mass is 256 g/mol. The van der Waals surface area contributed by atoms with Crippen molar-refractivity contribution in [3.8, 4) is 0 Å². The van der Waals surface area contributed by atoms with Crippen LogP contribution >= 0.6 is 11.8 Å². The first-order valence-electron chi connectivity index (χ1n) is 4.94. The fourth-order valence-electron chi connectivity index (χ4n) is 1.64. The molecule has 1 rings (SSSR count). The number of amides is 1. The Morgan fingerprint density at radius 3 is 2.62 bits per heavy atom. The predicted molar refractivity (Wildman–Crippen MR) is 56.9 cm³/mol. The van der Waals surface area contributed by atoms with Gasteiger partial charge >= 0.3 is 5.51 Å². The van der Waals surface area contributed by atoms with E-state index in [1.807, 2.05) is 6.92 Å². The number of likely N-dealkylation sites (tertiary alicyclic amines) is 1. The molecule has 1 atom stereocenters. The zero-order chi connectivity index (χ0) is 12.4. The van der Waals surface area contributed by atoms with Gasteiger partial charge < -0.3 is 10.6 Å². The Kier molecular flexibility index (Phi) is 4.12. The summed E-state index contributed by atoms with van der Waals surface area (Å²) in [6.07, 6.45) is 0.756. The molecule has 0 aromatic heterocycles. The Morgan fingerprint density at radius 1 is 1.56 bits per heavy atom. The maximum Gasteiger partial charge on any atom is 0.442 e. The number of carbonyl (C=O) groups is 1. The molecule has 1 unspecified atom stereocenters. The highest BCUT2D eigenvalue weighted by Crippen LogP contribution is 2.32. The summed E-state index contributed by atoms with van der Waals surface area (Å²) in [5.74, 6) is -0.996. The smallest absolute Gasteiger partial charge is 0.341 e. The van der Waals surface area contributed by atoms with Gasteiger partial charge in [-0.15, -0.1) is 0 Å². The quantitative estimate of drug-likeness (QED) is 0.831. The fourth-order valence-corrected chi connectivity index (χ4v) is 2.11. The molecule has 2 N–H and O–H groups in total. The molecule has 1 saturated heterocycles. The molecule has 1 amide bonds. The molecular formula is C9H15F3N2OS. The Labute approximate surface area is 96.5 Å². The maximum absolute atomic E-state index is 11.9. The molecule has 0 aromatic rings. The molecule has 1 fully saturated rings. The highest BCUT2D eigenvalue weighted by molar-refractivity contribution is 8.00. The molecule has 0 radical (unpaired) electrons. The molecule has 0 bridgehead atoms. The van der Waals surface area contributed by atoms with E-state index in [-0.39, 0.29) is 17.2 Å². The average Bonchev–Trinajstić information content (AvgIpc) is 2.57. The van der Waals surface area contributed by atoms with Gasteiger partial charge in [-0.1, -0.05) is 6.92 Å². The number of hydrogen-bond donors (Lipinski definition) is 1. The Hall–Kier alpha value is -0.430. The second-order valence-corrected chi connectivity index (χ2v) is 5.35. The Balaban J connectivity index is 2.40. The summed E-state index contributed by atoms with van der Waals surface area (Å²) >= 11 is -0.286. The van der Waals surface area contributed by atoms with Crippen LogP contribution < -0.4 is 5.73 Å². The number of halogens is 3. The van der Waals surface area contributed by atoms with Gasteiger partial charge in [0, 0.05) is 13.1 Å². The van der Waals surface area contributed by atoms with E-state index < -0.39 is 17.2 Å². The van der Waals surface area contributed by atoms with Gasteiger partial charge in [0.05, 0.1) is 5.75 Å². The molecule has 94 valence electrons. The molecule has 7 heteroatoms. The van der Waals surface area contributed by atoms with Gasteiger partial charge in [0.25, 0.3) is 0 Å². The first kappa shape index (κ1) is 13.6. The molecule has 3 nitrogen and oxygen atoms in total. The van der Waals surface area contributed by atoms with E-state index in [9.17, 15) is 18.0 Å². The largest absolute Gasteiger partial charge is 0.442 e. The Bertz CT molecular complexity index is 272. The third-order valence-corrected chi connectivity index (χ3v) is 3.48. The first-order chi connectivity index (χ1) is 7.26. The lowest BCUT2D eigenvalue weighted by molar-refractivity contribution is -0.127. The molecule has 0 aromatic carbocycles. The van der Waals surface area contributed by atoms with Crippen molar-refractivity contribution >= 4 is 17.7 Å². The van der Waals surface area contributed by atoms with Crippen molar-refractivity contribution in [1.82, 2.24) is 4.90 Å². The second-order valence-electron chi connectivity index (χ2n) is 4.31. The molecule has 0 saturated carbocycles. The first-order valence-corrected chi connectivity index (χ1v) is 5.93. The third kappa shape index (κ3) is 3.86. The van der Waals surface area contributed by atoms with Gasteiger partial charge in [-0.25, -0.2) is 0 Å². The van der Waals surface area contributed by atoms with Crippen LogP contribution in [0.25, 0.3) is 0 Å². The van der Waals surface area contributed by atoms with E-state index >= 15 is 0 Å². The highest BCUT2D eigenvalue weighted by Gasteiger charge is 2.36. The summed E-state index contributed by atoms with van der Waals surface area (Å²) in [6.45, 7) is 3.35. The number of rotatable bonds is 3. The summed E-state index contributed by atoms with van der Waals surface area (Å²) < 4.78 is 35.7. The number of hydrogen-bond acceptors (Lipinski definition) is 3. The summed E-state index contributed by atoms with van der Waals surface area (Å²) in [5, 5.41) is 0. The lowest BCUT2D eigenvalue weighted by Crippen LogP contribution is -2.35. The van der Waals surface area contributed by atoms with E-state index in [1.165, 1.54) is 4.90 Å². The molecule has 16 heavy (non-hydrogen) atoms. The van der Waals surface area contributed by atoms with Crippen LogP contribution in [0.5, 0.6) is 0 Å². The topological polar surface area (TPSA) is 46.3 Å². The normalized spacial score (nSPS) is 26.2. The van der Waals surface area contributed by atoms with Gasteiger partial charge in [-0.2, -0.15) is 13.2 Å². The van der Waals surface area contributed by atoms with E-state index in [0.717, 1.165) is 6.42 Å². The second kappa shape index (κ2) is 4.83. The highest BCUT2D eigenvalue weighted by atomic mass is 32.2. The van der Waals surface area contributed by atoms with Crippen LogP contribution in [0.15, 0.2) is 0 Å². The van der Waals surface area contributed by atoms with Gasteiger partial charge in [0.1, 0.15) is 0 Å². The summed E-state index contributed by atoms with van der Waals surface area (Å²) in [4.78, 5) is 12.9. The van der Waals surface area contributed by atoms with Crippen molar-refractivity contribution in [1.29, 1.82) is 0 Å². The minimum Gasteiger partial charge on any atom is -0.341 e. The van der Waals surface area contributed by atoms with Crippen LogP contribution in [0.3, 0.4) is 0 Å². The number of nitrogens with two attached hydrogens (primary N) is 1. The number of alkyl halides is 3. The molecular weight excluding hydrogens is 241 g/mol. The minimum absolute atomic E-state index is 0.140. The number of carbonyl (C=O) groups excluding carboxylic acids is 1. The number of thioether (sulfide) groups is 1. The minimum atomic E-state index is -4.34. The lowest BCUT2D eigenvalue weighted by Gasteiger charge is -2.22. The lowest BCUT2D eigenvalue weighted by atomic mass is 9.90. The van der Waals surface area contributed by atoms with Gasteiger partial charge in [0.15, 0.2) is 0 Å². The van der Waals surface area contributed by atoms with Crippen molar-refractivity contribution in [2.75, 3.05) is 25.4 Å². The van der Waals surface area contributed by atoms with Crippen LogP contribution in [-0.4, -0.2) is 41.7 Å². The van der Waals surface area contributed by atoms with Crippen LogP contribution in [0.1, 0.15) is 13.3 Å². The SMILES string of the molecule is CC1(CN)CCN(C(=O)CSC(F)(F)F)C1. The van der Waals surface area contributed by atoms with Crippen molar-refractivity contribution in [2.24, 2.45) is 11.1 Å². The summed E-state index contributed by atoms with van der Waals surface area (Å²) in [5.41, 5.74) is 1.07. The third-order valence-electron chi connectivity index (χ3n) is 2.76. The van der Waals surface area contributed by atoms with Crippen molar-refractivity contribution in [2.45, 2.75) is 18.9 Å². The fraction of sp³-hybridized carbons (Fsp3) is 0.889. The molecule has 1 aliphatic rings. The summed E-state index contributed by atoms with van der Waals surface area (Å²) in [6, 6.07) is 0. The zero-order valence-electron chi connectivity index (χ0n) is 9.01. The average molecular weight is 256 g/mol. The summed E-state index contributed by atoms with van der Waals surface area (Å²) in [7, 11) is 0. The van der Waals surface area contributed by atoms with Crippen molar-refractivity contribution in [3.05, 3.63) is 0 Å². The molecule has 1 heterocycles. The zero-order valence-corrected chi connectivity index (χ0v) is 9.83. The molecule has 1 aliphatic heterocycles. The molecule has 0 spiro atoms. The van der Waals surface area contributed by atoms with E-state index in [2.05, 4.69) is 0 Å². The van der Waals surface area contributed by atoms with Crippen LogP contribution in [0, 0.1) is 5.41 Å². The van der Waals surface area contributed by atoms with Crippen LogP contribution in [0.4, 0.5) is 13.2 Å². The van der Waals surface area contributed by atoms with E-state index in [4.69, 9.17) is 5.73 Å². The van der Waals surface area contributed by atoms with Crippen LogP contribution in [-0.2, 0) is 4.79 Å². The van der Waals surface area contributed by atoms with Crippen LogP contribution in [0.2, 0.25) is 0 Å². The van der Waals surface area contributed by atoms with Gasteiger partial charge in [-0.05, 0) is 30.1 Å². The Morgan fingerprint density at radius 2 is 2.19 bits per heavy atom. The van der Waals surface area contributed by atoms with Crippen molar-refractivity contribution < 1.29 is 18.0 Å². The van der Waals surface area contributed by atoms with Gasteiger partial charge in [-0.3, -0.25) is 4.79 Å². The van der Waals surface area contributed by atoms with Gasteiger partial charge in [0.2, 0.25) is 5.91 Å². The molecule has 0 aliphatic carbocycles.